The molecule has 0 unspecified atom stereocenters. The Balaban J connectivity index is 1.58. The summed E-state index contributed by atoms with van der Waals surface area (Å²) in [6, 6.07) is 8.62. The van der Waals surface area contributed by atoms with Crippen molar-refractivity contribution in [2.24, 2.45) is 23.7 Å². The fourth-order valence-corrected chi connectivity index (χ4v) is 8.04. The maximum absolute atomic E-state index is 13.4. The Morgan fingerprint density at radius 1 is 1.04 bits per heavy atom. The van der Waals surface area contributed by atoms with E-state index in [1.165, 1.54) is 0 Å². The summed E-state index contributed by atoms with van der Waals surface area (Å²) in [6.45, 7) is 6.28. The standard InChI is InChI=1S/C21H28O5S/c1-13-9-10-17-14(2)18(27(22,23)15-7-5-4-6-8-15)24-19-21(17)16(13)11-12-20(3,25-19)26-21/h4-8,13-14,16-19H,9-12H2,1-3H3/t13-,14-,16+,17+,18-,19-,20-,21-/m1/s1. The first-order valence-electron chi connectivity index (χ1n) is 10.1. The Hall–Kier alpha value is -0.950. The van der Waals surface area contributed by atoms with E-state index in [9.17, 15) is 8.42 Å². The van der Waals surface area contributed by atoms with Crippen LogP contribution in [-0.2, 0) is 24.0 Å². The monoisotopic (exact) mass is 392 g/mol. The molecular formula is C21H28O5S. The third kappa shape index (κ3) is 2.36. The van der Waals surface area contributed by atoms with E-state index in [4.69, 9.17) is 14.2 Å². The highest BCUT2D eigenvalue weighted by Crippen LogP contribution is 2.63. The Kier molecular flexibility index (Phi) is 3.88. The number of hydrogen-bond donors (Lipinski definition) is 0. The third-order valence-corrected chi connectivity index (χ3v) is 9.59. The van der Waals surface area contributed by atoms with Crippen LogP contribution in [0.15, 0.2) is 35.2 Å². The predicted molar refractivity (Wildman–Crippen MR) is 99.4 cm³/mol. The zero-order chi connectivity index (χ0) is 19.0. The summed E-state index contributed by atoms with van der Waals surface area (Å²) in [7, 11) is -3.61. The maximum atomic E-state index is 13.4. The number of ether oxygens (including phenoxy) is 3. The van der Waals surface area contributed by atoms with Crippen LogP contribution in [0.5, 0.6) is 0 Å². The average Bonchev–Trinajstić information content (AvgIpc) is 2.86. The number of fused-ring (bicyclic) bond motifs is 1. The molecule has 27 heavy (non-hydrogen) atoms. The zero-order valence-corrected chi connectivity index (χ0v) is 16.9. The molecular weight excluding hydrogens is 364 g/mol. The minimum Gasteiger partial charge on any atom is -0.338 e. The molecule has 0 radical (unpaired) electrons. The van der Waals surface area contributed by atoms with Crippen molar-refractivity contribution in [2.45, 2.75) is 74.5 Å². The molecule has 5 rings (SSSR count). The van der Waals surface area contributed by atoms with Gasteiger partial charge < -0.3 is 14.2 Å². The van der Waals surface area contributed by atoms with E-state index in [1.54, 1.807) is 24.3 Å². The van der Waals surface area contributed by atoms with Crippen molar-refractivity contribution in [3.05, 3.63) is 30.3 Å². The van der Waals surface area contributed by atoms with Gasteiger partial charge in [-0.15, -0.1) is 0 Å². The molecule has 0 N–H and O–H groups in total. The zero-order valence-electron chi connectivity index (χ0n) is 16.1. The number of sulfone groups is 1. The van der Waals surface area contributed by atoms with Gasteiger partial charge >= 0.3 is 0 Å². The van der Waals surface area contributed by atoms with Gasteiger partial charge in [-0.3, -0.25) is 0 Å². The highest BCUT2D eigenvalue weighted by molar-refractivity contribution is 7.92. The van der Waals surface area contributed by atoms with Gasteiger partial charge in [0.2, 0.25) is 9.84 Å². The van der Waals surface area contributed by atoms with Crippen molar-refractivity contribution in [1.29, 1.82) is 0 Å². The number of benzene rings is 1. The van der Waals surface area contributed by atoms with Gasteiger partial charge in [-0.25, -0.2) is 8.42 Å². The first-order valence-corrected chi connectivity index (χ1v) is 11.6. The first kappa shape index (κ1) is 18.1. The SMILES string of the molecule is C[C@@H]1[C@@H]2CC[C@@H](C)[C@@H]3CC[C@]4(C)O[C@@H](O[C@@H]1S(=O)(=O)c1ccccc1)[C@]23O4. The minimum atomic E-state index is -3.61. The lowest BCUT2D eigenvalue weighted by Crippen LogP contribution is -2.66. The van der Waals surface area contributed by atoms with Crippen LogP contribution in [0.2, 0.25) is 0 Å². The summed E-state index contributed by atoms with van der Waals surface area (Å²) in [5, 5.41) is 0. The molecule has 4 fully saturated rings. The van der Waals surface area contributed by atoms with E-state index in [2.05, 4.69) is 6.92 Å². The molecule has 4 aliphatic rings. The number of rotatable bonds is 2. The maximum Gasteiger partial charge on any atom is 0.205 e. The Bertz CT molecular complexity index is 839. The molecule has 1 aromatic carbocycles. The fraction of sp³-hybridized carbons (Fsp3) is 0.714. The fourth-order valence-electron chi connectivity index (χ4n) is 6.24. The van der Waals surface area contributed by atoms with Crippen LogP contribution >= 0.6 is 0 Å². The Morgan fingerprint density at radius 3 is 2.52 bits per heavy atom. The molecule has 1 spiro atoms. The van der Waals surface area contributed by atoms with E-state index in [0.29, 0.717) is 16.7 Å². The van der Waals surface area contributed by atoms with E-state index < -0.39 is 33.0 Å². The van der Waals surface area contributed by atoms with Gasteiger partial charge in [-0.05, 0) is 56.1 Å². The lowest BCUT2D eigenvalue weighted by atomic mass is 9.57. The van der Waals surface area contributed by atoms with Crippen LogP contribution in [0.25, 0.3) is 0 Å². The predicted octanol–water partition coefficient (Wildman–Crippen LogP) is 3.74. The Labute approximate surface area is 161 Å². The Morgan fingerprint density at radius 2 is 1.78 bits per heavy atom. The molecule has 3 heterocycles. The largest absolute Gasteiger partial charge is 0.338 e. The molecule has 1 aromatic rings. The van der Waals surface area contributed by atoms with Crippen molar-refractivity contribution in [1.82, 2.24) is 0 Å². The molecule has 148 valence electrons. The van der Waals surface area contributed by atoms with Gasteiger partial charge in [0.1, 0.15) is 5.60 Å². The van der Waals surface area contributed by atoms with Crippen LogP contribution in [0.1, 0.15) is 46.5 Å². The summed E-state index contributed by atoms with van der Waals surface area (Å²) in [5.74, 6) is 0.211. The molecule has 3 aliphatic heterocycles. The molecule has 6 heteroatoms. The molecule has 1 aliphatic carbocycles. The van der Waals surface area contributed by atoms with E-state index in [0.717, 1.165) is 25.7 Å². The van der Waals surface area contributed by atoms with E-state index in [-0.39, 0.29) is 11.8 Å². The molecule has 3 saturated heterocycles. The van der Waals surface area contributed by atoms with Crippen LogP contribution in [0.3, 0.4) is 0 Å². The van der Waals surface area contributed by atoms with E-state index in [1.807, 2.05) is 19.9 Å². The van der Waals surface area contributed by atoms with Gasteiger partial charge in [0.15, 0.2) is 17.5 Å². The van der Waals surface area contributed by atoms with Crippen LogP contribution < -0.4 is 0 Å². The number of hydrogen-bond acceptors (Lipinski definition) is 5. The second-order valence-corrected chi connectivity index (χ2v) is 11.1. The molecule has 1 saturated carbocycles. The van der Waals surface area contributed by atoms with E-state index >= 15 is 0 Å². The first-order chi connectivity index (χ1) is 12.8. The van der Waals surface area contributed by atoms with Gasteiger partial charge in [0.05, 0.1) is 4.90 Å². The summed E-state index contributed by atoms with van der Waals surface area (Å²) < 4.78 is 45.8. The second-order valence-electron chi connectivity index (χ2n) is 9.07. The molecule has 5 nitrogen and oxygen atoms in total. The smallest absolute Gasteiger partial charge is 0.205 e. The highest BCUT2D eigenvalue weighted by atomic mass is 32.2. The normalized spacial score (nSPS) is 48.9. The average molecular weight is 393 g/mol. The van der Waals surface area contributed by atoms with Crippen molar-refractivity contribution < 1.29 is 22.6 Å². The topological polar surface area (TPSA) is 61.8 Å². The summed E-state index contributed by atoms with van der Waals surface area (Å²) >= 11 is 0. The quantitative estimate of drug-likeness (QED) is 0.767. The molecule has 0 amide bonds. The van der Waals surface area contributed by atoms with Gasteiger partial charge in [-0.2, -0.15) is 0 Å². The van der Waals surface area contributed by atoms with Crippen molar-refractivity contribution in [2.75, 3.05) is 0 Å². The van der Waals surface area contributed by atoms with Gasteiger partial charge in [0, 0.05) is 12.3 Å². The second kappa shape index (κ2) is 5.78. The lowest BCUT2D eigenvalue weighted by molar-refractivity contribution is -0.276. The molecule has 8 atom stereocenters. The summed E-state index contributed by atoms with van der Waals surface area (Å²) in [6.07, 6.45) is 3.34. The minimum absolute atomic E-state index is 0.128. The van der Waals surface area contributed by atoms with Crippen LogP contribution in [0, 0.1) is 23.7 Å². The van der Waals surface area contributed by atoms with Crippen molar-refractivity contribution in [3.8, 4) is 0 Å². The summed E-state index contributed by atoms with van der Waals surface area (Å²) in [5.41, 5.74) is -1.41. The highest BCUT2D eigenvalue weighted by Gasteiger charge is 2.72. The third-order valence-electron chi connectivity index (χ3n) is 7.51. The van der Waals surface area contributed by atoms with Gasteiger partial charge in [-0.1, -0.05) is 32.0 Å². The van der Waals surface area contributed by atoms with Crippen molar-refractivity contribution in [3.63, 3.8) is 0 Å². The molecule has 0 aromatic heterocycles. The molecule has 2 bridgehead atoms. The van der Waals surface area contributed by atoms with Crippen molar-refractivity contribution >= 4 is 9.84 Å². The van der Waals surface area contributed by atoms with Crippen LogP contribution in [0.4, 0.5) is 0 Å². The van der Waals surface area contributed by atoms with Crippen LogP contribution in [-0.4, -0.2) is 31.5 Å². The summed E-state index contributed by atoms with van der Waals surface area (Å²) in [4.78, 5) is 0.312. The van der Waals surface area contributed by atoms with Gasteiger partial charge in [0.25, 0.3) is 0 Å². The lowest BCUT2D eigenvalue weighted by Gasteiger charge is -2.58.